The van der Waals surface area contributed by atoms with Gasteiger partial charge >= 0.3 is 16.5 Å². The Labute approximate surface area is 97.8 Å². The predicted octanol–water partition coefficient (Wildman–Crippen LogP) is -2.98. The number of aliphatic hydroxyl groups is 2. The third-order valence-corrected chi connectivity index (χ3v) is 1.08. The minimum absolute atomic E-state index is 0. The number of carbonyl (C=O) groups excluding carboxylic acids is 2. The molecule has 0 saturated heterocycles. The molecular weight excluding hydrogens is 251 g/mol. The van der Waals surface area contributed by atoms with Gasteiger partial charge in [0.05, 0.1) is 0 Å². The zero-order chi connectivity index (χ0) is 11.4. The molecule has 0 saturated carbocycles. The van der Waals surface area contributed by atoms with Gasteiger partial charge in [-0.15, -0.1) is 0 Å². The van der Waals surface area contributed by atoms with Crippen LogP contribution in [0.2, 0.25) is 0 Å². The van der Waals surface area contributed by atoms with Crippen LogP contribution in [0.15, 0.2) is 0 Å². The van der Waals surface area contributed by atoms with E-state index in [0.717, 1.165) is 0 Å². The molecule has 0 heterocycles. The molecule has 0 spiro atoms. The molecule has 0 amide bonds. The van der Waals surface area contributed by atoms with Crippen LogP contribution >= 0.6 is 0 Å². The summed E-state index contributed by atoms with van der Waals surface area (Å²) in [5.74, 6) is -2.21. The summed E-state index contributed by atoms with van der Waals surface area (Å²) < 4.78 is 0. The fraction of sp³-hybridized carbons (Fsp3) is 0.750. The molecule has 0 atom stereocenters. The van der Waals surface area contributed by atoms with E-state index in [2.05, 4.69) is 0 Å². The maximum absolute atomic E-state index is 9.54. The fourth-order valence-corrected chi connectivity index (χ4v) is 0.447. The Kier molecular flexibility index (Phi) is 20.9. The normalized spacial score (nSPS) is 8.13. The molecular formula is C8H14NiO6. The number of hydrogen-bond donors (Lipinski definition) is 2. The van der Waals surface area contributed by atoms with E-state index < -0.39 is 11.9 Å². The number of carboxylic acid groups (broad SMARTS) is 2. The molecule has 2 N–H and O–H groups in total. The molecule has 0 radical (unpaired) electrons. The molecule has 0 unspecified atom stereocenters. The molecule has 92 valence electrons. The van der Waals surface area contributed by atoms with Gasteiger partial charge in [-0.3, -0.25) is 0 Å². The van der Waals surface area contributed by atoms with Gasteiger partial charge in [0.25, 0.3) is 0 Å². The largest absolute Gasteiger partial charge is 2.00 e. The summed E-state index contributed by atoms with van der Waals surface area (Å²) in [5, 5.41) is 35.1. The second-order valence-electron chi connectivity index (χ2n) is 2.40. The van der Waals surface area contributed by atoms with E-state index in [1.807, 2.05) is 0 Å². The molecule has 0 aromatic heterocycles. The van der Waals surface area contributed by atoms with E-state index in [-0.39, 0.29) is 42.5 Å². The third-order valence-electron chi connectivity index (χ3n) is 1.08. The third kappa shape index (κ3) is 31.8. The van der Waals surface area contributed by atoms with E-state index in [4.69, 9.17) is 10.2 Å². The summed E-state index contributed by atoms with van der Waals surface area (Å²) in [6.45, 7) is -0.151. The Hall–Kier alpha value is -0.646. The Bertz CT molecular complexity index is 143. The Morgan fingerprint density at radius 3 is 1.20 bits per heavy atom. The van der Waals surface area contributed by atoms with E-state index in [1.54, 1.807) is 0 Å². The zero-order valence-corrected chi connectivity index (χ0v) is 9.07. The SMILES string of the molecule is O=C([O-])CCCO.O=C([O-])CCCO.[Ni+2]. The number of carboxylic acids is 2. The Morgan fingerprint density at radius 2 is 1.13 bits per heavy atom. The van der Waals surface area contributed by atoms with Crippen LogP contribution in [-0.4, -0.2) is 35.4 Å². The van der Waals surface area contributed by atoms with E-state index in [0.29, 0.717) is 12.8 Å². The minimum atomic E-state index is -1.10. The van der Waals surface area contributed by atoms with Crippen molar-refractivity contribution in [1.29, 1.82) is 0 Å². The average molecular weight is 265 g/mol. The van der Waals surface area contributed by atoms with Gasteiger partial charge in [-0.1, -0.05) is 0 Å². The van der Waals surface area contributed by atoms with Crippen LogP contribution < -0.4 is 10.2 Å². The number of aliphatic hydroxyl groups excluding tert-OH is 2. The van der Waals surface area contributed by atoms with Crippen LogP contribution in [0.1, 0.15) is 25.7 Å². The molecule has 0 aromatic rings. The van der Waals surface area contributed by atoms with Gasteiger partial charge in [0.1, 0.15) is 0 Å². The van der Waals surface area contributed by atoms with Gasteiger partial charge in [0, 0.05) is 25.2 Å². The van der Waals surface area contributed by atoms with Crippen LogP contribution in [0.5, 0.6) is 0 Å². The first-order valence-corrected chi connectivity index (χ1v) is 4.16. The smallest absolute Gasteiger partial charge is 0.550 e. The molecule has 6 nitrogen and oxygen atoms in total. The molecule has 15 heavy (non-hydrogen) atoms. The van der Waals surface area contributed by atoms with E-state index in [1.165, 1.54) is 0 Å². The zero-order valence-electron chi connectivity index (χ0n) is 8.09. The second-order valence-corrected chi connectivity index (χ2v) is 2.40. The van der Waals surface area contributed by atoms with Crippen LogP contribution in [-0.2, 0) is 26.1 Å². The van der Waals surface area contributed by atoms with Crippen LogP contribution in [0.3, 0.4) is 0 Å². The summed E-state index contributed by atoms with van der Waals surface area (Å²) in [7, 11) is 0. The van der Waals surface area contributed by atoms with E-state index in [9.17, 15) is 19.8 Å². The summed E-state index contributed by atoms with van der Waals surface area (Å²) in [6.07, 6.45) is 0.498. The van der Waals surface area contributed by atoms with Crippen molar-refractivity contribution in [3.05, 3.63) is 0 Å². The van der Waals surface area contributed by atoms with Crippen LogP contribution in [0.25, 0.3) is 0 Å². The number of hydrogen-bond acceptors (Lipinski definition) is 6. The summed E-state index contributed by atoms with van der Waals surface area (Å²) in [6, 6.07) is 0. The molecule has 0 bridgehead atoms. The van der Waals surface area contributed by atoms with Gasteiger partial charge in [-0.25, -0.2) is 0 Å². The molecule has 0 aliphatic rings. The molecule has 0 rings (SSSR count). The topological polar surface area (TPSA) is 121 Å². The monoisotopic (exact) mass is 264 g/mol. The number of rotatable bonds is 6. The summed E-state index contributed by atoms with van der Waals surface area (Å²) >= 11 is 0. The maximum atomic E-state index is 9.54. The van der Waals surface area contributed by atoms with Gasteiger partial charge < -0.3 is 30.0 Å². The summed E-state index contributed by atoms with van der Waals surface area (Å²) in [5.41, 5.74) is 0. The first-order chi connectivity index (χ1) is 6.54. The molecule has 7 heteroatoms. The van der Waals surface area contributed by atoms with Crippen molar-refractivity contribution in [3.8, 4) is 0 Å². The first kappa shape index (κ1) is 19.9. The minimum Gasteiger partial charge on any atom is -0.550 e. The quantitative estimate of drug-likeness (QED) is 0.494. The van der Waals surface area contributed by atoms with Crippen molar-refractivity contribution in [2.45, 2.75) is 25.7 Å². The van der Waals surface area contributed by atoms with Gasteiger partial charge in [0.2, 0.25) is 0 Å². The van der Waals surface area contributed by atoms with Gasteiger partial charge in [0.15, 0.2) is 0 Å². The predicted molar refractivity (Wildman–Crippen MR) is 42.7 cm³/mol. The first-order valence-electron chi connectivity index (χ1n) is 4.16. The Morgan fingerprint density at radius 1 is 0.867 bits per heavy atom. The molecule has 0 aliphatic heterocycles. The summed E-state index contributed by atoms with van der Waals surface area (Å²) in [4.78, 5) is 19.1. The van der Waals surface area contributed by atoms with Crippen molar-refractivity contribution < 1.29 is 46.5 Å². The van der Waals surface area contributed by atoms with Crippen LogP contribution in [0, 0.1) is 0 Å². The van der Waals surface area contributed by atoms with Crippen LogP contribution in [0.4, 0.5) is 0 Å². The van der Waals surface area contributed by atoms with E-state index >= 15 is 0 Å². The standard InChI is InChI=1S/2C4H8O3.Ni/c2*5-3-1-2-4(6)7;/h2*5H,1-3H2,(H,6,7);/q;;+2/p-2. The number of aliphatic carboxylic acids is 2. The number of carbonyl (C=O) groups is 2. The van der Waals surface area contributed by atoms with Gasteiger partial charge in [-0.2, -0.15) is 0 Å². The fourth-order valence-electron chi connectivity index (χ4n) is 0.447. The average Bonchev–Trinajstić information content (AvgIpc) is 2.12. The van der Waals surface area contributed by atoms with Crippen molar-refractivity contribution >= 4 is 11.9 Å². The molecule has 0 aromatic carbocycles. The maximum Gasteiger partial charge on any atom is 2.00 e. The van der Waals surface area contributed by atoms with Crippen molar-refractivity contribution in [3.63, 3.8) is 0 Å². The van der Waals surface area contributed by atoms with Crippen molar-refractivity contribution in [2.75, 3.05) is 13.2 Å². The second kappa shape index (κ2) is 15.8. The molecule has 0 fully saturated rings. The van der Waals surface area contributed by atoms with Crippen molar-refractivity contribution in [1.82, 2.24) is 0 Å². The van der Waals surface area contributed by atoms with Gasteiger partial charge in [-0.05, 0) is 25.7 Å². The van der Waals surface area contributed by atoms with Crippen molar-refractivity contribution in [2.24, 2.45) is 0 Å². The Balaban J connectivity index is -0.000000180. The molecule has 0 aliphatic carbocycles.